The number of aryl methyl sites for hydroxylation is 1. The number of rotatable bonds is 4. The van der Waals surface area contributed by atoms with Gasteiger partial charge in [-0.3, -0.25) is 14.2 Å². The summed E-state index contributed by atoms with van der Waals surface area (Å²) in [4.78, 5) is 21.5. The van der Waals surface area contributed by atoms with Crippen LogP contribution in [-0.2, 0) is 5.75 Å². The summed E-state index contributed by atoms with van der Waals surface area (Å²) < 4.78 is 1.62. The molecule has 7 heteroatoms. The fourth-order valence-corrected chi connectivity index (χ4v) is 3.14. The Hall–Kier alpha value is -1.34. The number of fused-ring (bicyclic) bond motifs is 1. The van der Waals surface area contributed by atoms with Crippen molar-refractivity contribution < 1.29 is 0 Å². The second kappa shape index (κ2) is 6.41. The lowest BCUT2D eigenvalue weighted by molar-refractivity contribution is 0.666. The van der Waals surface area contributed by atoms with Crippen molar-refractivity contribution >= 4 is 33.2 Å². The quantitative estimate of drug-likeness (QED) is 0.694. The van der Waals surface area contributed by atoms with E-state index in [1.807, 2.05) is 12.3 Å². The molecule has 2 heterocycles. The van der Waals surface area contributed by atoms with Crippen LogP contribution in [0.5, 0.6) is 0 Å². The van der Waals surface area contributed by atoms with Gasteiger partial charge in [0, 0.05) is 29.4 Å². The van der Waals surface area contributed by atoms with Gasteiger partial charge in [0.05, 0.1) is 5.69 Å². The van der Waals surface area contributed by atoms with Crippen LogP contribution in [0.3, 0.4) is 0 Å². The smallest absolute Gasteiger partial charge is 0.258 e. The van der Waals surface area contributed by atoms with Gasteiger partial charge in [-0.05, 0) is 12.8 Å². The summed E-state index contributed by atoms with van der Waals surface area (Å²) in [6, 6.07) is 1.56. The third-order valence-electron chi connectivity index (χ3n) is 2.61. The van der Waals surface area contributed by atoms with Crippen molar-refractivity contribution in [2.24, 2.45) is 16.6 Å². The first-order chi connectivity index (χ1) is 9.47. The van der Waals surface area contributed by atoms with E-state index in [-0.39, 0.29) is 5.56 Å². The lowest BCUT2D eigenvalue weighted by Crippen LogP contribution is -2.15. The minimum Gasteiger partial charge on any atom is -0.379 e. The van der Waals surface area contributed by atoms with Crippen LogP contribution in [0.25, 0.3) is 4.96 Å². The van der Waals surface area contributed by atoms with E-state index >= 15 is 0 Å². The average Bonchev–Trinajstić information content (AvgIpc) is 2.76. The molecule has 0 saturated carbocycles. The zero-order valence-corrected chi connectivity index (χ0v) is 13.4. The first-order valence-corrected chi connectivity index (χ1v) is 8.23. The Kier molecular flexibility index (Phi) is 4.82. The van der Waals surface area contributed by atoms with Gasteiger partial charge < -0.3 is 5.73 Å². The van der Waals surface area contributed by atoms with Crippen molar-refractivity contribution in [1.82, 2.24) is 9.38 Å². The second-order valence-electron chi connectivity index (χ2n) is 4.94. The van der Waals surface area contributed by atoms with Gasteiger partial charge in [0.2, 0.25) is 0 Å². The molecule has 0 saturated heterocycles. The molecule has 0 amide bonds. The highest BCUT2D eigenvalue weighted by Crippen LogP contribution is 2.14. The first-order valence-electron chi connectivity index (χ1n) is 6.37. The molecule has 0 aliphatic rings. The molecule has 5 nitrogen and oxygen atoms in total. The molecule has 0 radical (unpaired) electrons. The first kappa shape index (κ1) is 15.1. The summed E-state index contributed by atoms with van der Waals surface area (Å²) in [7, 11) is 0. The molecule has 0 fully saturated rings. The van der Waals surface area contributed by atoms with Crippen LogP contribution < -0.4 is 11.3 Å². The van der Waals surface area contributed by atoms with Crippen LogP contribution in [0.15, 0.2) is 21.2 Å². The minimum absolute atomic E-state index is 0.0398. The fraction of sp³-hybridized carbons (Fsp3) is 0.462. The van der Waals surface area contributed by atoms with E-state index in [0.717, 1.165) is 22.9 Å². The molecular formula is C13H18N4OS2. The Morgan fingerprint density at radius 2 is 2.35 bits per heavy atom. The average molecular weight is 310 g/mol. The van der Waals surface area contributed by atoms with Gasteiger partial charge in [0.25, 0.3) is 5.56 Å². The third kappa shape index (κ3) is 3.61. The van der Waals surface area contributed by atoms with Gasteiger partial charge in [-0.1, -0.05) is 25.6 Å². The zero-order valence-electron chi connectivity index (χ0n) is 11.8. The van der Waals surface area contributed by atoms with E-state index in [0.29, 0.717) is 16.8 Å². The van der Waals surface area contributed by atoms with Crippen LogP contribution in [0.2, 0.25) is 0 Å². The molecule has 0 aromatic carbocycles. The fourth-order valence-electron chi connectivity index (χ4n) is 1.64. The lowest BCUT2D eigenvalue weighted by atomic mass is 10.2. The zero-order chi connectivity index (χ0) is 14.7. The van der Waals surface area contributed by atoms with Gasteiger partial charge in [0.1, 0.15) is 0 Å². The molecule has 0 aliphatic carbocycles. The van der Waals surface area contributed by atoms with Crippen molar-refractivity contribution in [3.05, 3.63) is 33.2 Å². The Bertz CT molecular complexity index is 687. The number of thioether (sulfide) groups is 1. The summed E-state index contributed by atoms with van der Waals surface area (Å²) in [6.45, 7) is 6.81. The molecule has 0 aliphatic heterocycles. The lowest BCUT2D eigenvalue weighted by Gasteiger charge is -2.03. The summed E-state index contributed by atoms with van der Waals surface area (Å²) >= 11 is 2.89. The third-order valence-corrected chi connectivity index (χ3v) is 4.42. The van der Waals surface area contributed by atoms with E-state index < -0.39 is 0 Å². The number of nitrogens with two attached hydrogens (primary N) is 1. The molecule has 108 valence electrons. The predicted octanol–water partition coefficient (Wildman–Crippen LogP) is 2.27. The number of nitrogens with zero attached hydrogens (tertiary/aromatic N) is 3. The molecule has 2 rings (SSSR count). The number of aliphatic imine (C=N–C) groups is 1. The Labute approximate surface area is 125 Å². The van der Waals surface area contributed by atoms with E-state index in [2.05, 4.69) is 23.8 Å². The monoisotopic (exact) mass is 310 g/mol. The summed E-state index contributed by atoms with van der Waals surface area (Å²) in [5, 5.41) is 2.47. The number of hydrogen-bond acceptors (Lipinski definition) is 5. The van der Waals surface area contributed by atoms with Crippen molar-refractivity contribution in [2.75, 3.05) is 6.54 Å². The number of amidine groups is 1. The summed E-state index contributed by atoms with van der Waals surface area (Å²) in [5.41, 5.74) is 7.45. The maximum absolute atomic E-state index is 12.0. The van der Waals surface area contributed by atoms with Crippen LogP contribution in [0, 0.1) is 12.8 Å². The van der Waals surface area contributed by atoms with Gasteiger partial charge >= 0.3 is 0 Å². The maximum atomic E-state index is 12.0. The van der Waals surface area contributed by atoms with Gasteiger partial charge in [-0.25, -0.2) is 4.98 Å². The topological polar surface area (TPSA) is 72.8 Å². The van der Waals surface area contributed by atoms with Crippen LogP contribution in [0.1, 0.15) is 25.2 Å². The van der Waals surface area contributed by atoms with Crippen molar-refractivity contribution in [3.63, 3.8) is 0 Å². The predicted molar refractivity (Wildman–Crippen MR) is 86.7 cm³/mol. The molecule has 0 unspecified atom stereocenters. The normalized spacial score (nSPS) is 12.5. The number of thiazole rings is 1. The molecule has 2 N–H and O–H groups in total. The maximum Gasteiger partial charge on any atom is 0.258 e. The van der Waals surface area contributed by atoms with Crippen molar-refractivity contribution in [3.8, 4) is 0 Å². The molecule has 0 bridgehead atoms. The highest BCUT2D eigenvalue weighted by molar-refractivity contribution is 8.13. The number of aromatic nitrogens is 2. The van der Waals surface area contributed by atoms with Gasteiger partial charge in [-0.15, -0.1) is 11.3 Å². The van der Waals surface area contributed by atoms with Crippen LogP contribution >= 0.6 is 23.1 Å². The minimum atomic E-state index is -0.0398. The summed E-state index contributed by atoms with van der Waals surface area (Å²) in [6.07, 6.45) is 0. The van der Waals surface area contributed by atoms with Crippen molar-refractivity contribution in [2.45, 2.75) is 26.5 Å². The van der Waals surface area contributed by atoms with E-state index in [4.69, 9.17) is 5.73 Å². The van der Waals surface area contributed by atoms with E-state index in [1.54, 1.807) is 10.5 Å². The molecule has 20 heavy (non-hydrogen) atoms. The Balaban J connectivity index is 2.11. The molecular weight excluding hydrogens is 292 g/mol. The van der Waals surface area contributed by atoms with Gasteiger partial charge in [0.15, 0.2) is 10.1 Å². The number of hydrogen-bond donors (Lipinski definition) is 1. The highest BCUT2D eigenvalue weighted by Gasteiger charge is 2.07. The molecule has 2 aromatic rings. The SMILES string of the molecule is Cc1csc2nc(CSC(N)=NCC(C)C)cc(=O)n12. The second-order valence-corrected chi connectivity index (χ2v) is 6.77. The summed E-state index contributed by atoms with van der Waals surface area (Å²) in [5.74, 6) is 1.05. The van der Waals surface area contributed by atoms with Crippen molar-refractivity contribution in [1.29, 1.82) is 0 Å². The Morgan fingerprint density at radius 3 is 3.05 bits per heavy atom. The van der Waals surface area contributed by atoms with E-state index in [9.17, 15) is 4.79 Å². The van der Waals surface area contributed by atoms with E-state index in [1.165, 1.54) is 23.1 Å². The highest BCUT2D eigenvalue weighted by atomic mass is 32.2. The van der Waals surface area contributed by atoms with Crippen LogP contribution in [0.4, 0.5) is 0 Å². The largest absolute Gasteiger partial charge is 0.379 e. The van der Waals surface area contributed by atoms with Gasteiger partial charge in [-0.2, -0.15) is 0 Å². The van der Waals surface area contributed by atoms with Crippen LogP contribution in [-0.4, -0.2) is 21.1 Å². The standard InChI is InChI=1S/C13H18N4OS2/c1-8(2)5-15-12(14)19-7-10-4-11(18)17-9(3)6-20-13(17)16-10/h4,6,8H,5,7H2,1-3H3,(H2,14,15). The molecule has 2 aromatic heterocycles. The molecule has 0 atom stereocenters. The Morgan fingerprint density at radius 1 is 1.60 bits per heavy atom. The molecule has 0 spiro atoms.